The minimum absolute atomic E-state index is 0.0150. The second-order valence-corrected chi connectivity index (χ2v) is 7.52. The van der Waals surface area contributed by atoms with Crippen LogP contribution in [-0.4, -0.2) is 41.1 Å². The van der Waals surface area contributed by atoms with E-state index in [-0.39, 0.29) is 18.1 Å². The van der Waals surface area contributed by atoms with E-state index in [1.165, 1.54) is 0 Å². The van der Waals surface area contributed by atoms with Gasteiger partial charge in [0.1, 0.15) is 0 Å². The van der Waals surface area contributed by atoms with Crippen LogP contribution in [0.15, 0.2) is 10.9 Å². The molecule has 0 spiro atoms. The van der Waals surface area contributed by atoms with Crippen molar-refractivity contribution in [2.45, 2.75) is 65.1 Å². The van der Waals surface area contributed by atoms with E-state index < -0.39 is 0 Å². The standard InChI is InChI=1S/C17H30N4OS/c1-4-13(2)9-14(3)19-17(22)20-15-5-7-21(8-6-15)10-16-11-23-12-18-16/h11-15H,4-10H2,1-3H3,(H2,19,20,22)/t13-,14-/m0/s1. The van der Waals surface area contributed by atoms with Crippen LogP contribution in [0.2, 0.25) is 0 Å². The van der Waals surface area contributed by atoms with Gasteiger partial charge in [-0.1, -0.05) is 20.3 Å². The molecule has 0 aliphatic carbocycles. The smallest absolute Gasteiger partial charge is 0.315 e. The molecule has 0 aromatic carbocycles. The highest BCUT2D eigenvalue weighted by molar-refractivity contribution is 7.07. The predicted octanol–water partition coefficient (Wildman–Crippen LogP) is 3.23. The van der Waals surface area contributed by atoms with Crippen LogP contribution in [-0.2, 0) is 6.54 Å². The number of thiazole rings is 1. The minimum Gasteiger partial charge on any atom is -0.336 e. The quantitative estimate of drug-likeness (QED) is 0.802. The highest BCUT2D eigenvalue weighted by Crippen LogP contribution is 2.14. The maximum atomic E-state index is 12.1. The van der Waals surface area contributed by atoms with Crippen LogP contribution in [0, 0.1) is 5.92 Å². The van der Waals surface area contributed by atoms with Crippen molar-refractivity contribution in [3.8, 4) is 0 Å². The zero-order valence-electron chi connectivity index (χ0n) is 14.5. The number of hydrogen-bond donors (Lipinski definition) is 2. The summed E-state index contributed by atoms with van der Waals surface area (Å²) in [7, 11) is 0. The molecule has 0 bridgehead atoms. The van der Waals surface area contributed by atoms with Gasteiger partial charge in [-0.2, -0.15) is 0 Å². The lowest BCUT2D eigenvalue weighted by atomic mass is 10.0. The van der Waals surface area contributed by atoms with Crippen molar-refractivity contribution in [3.05, 3.63) is 16.6 Å². The van der Waals surface area contributed by atoms with Gasteiger partial charge >= 0.3 is 6.03 Å². The second-order valence-electron chi connectivity index (χ2n) is 6.80. The molecule has 130 valence electrons. The summed E-state index contributed by atoms with van der Waals surface area (Å²) in [5.41, 5.74) is 3.03. The Kier molecular flexibility index (Phi) is 7.30. The Labute approximate surface area is 143 Å². The Hall–Kier alpha value is -1.14. The Bertz CT molecular complexity index is 457. The molecule has 0 saturated carbocycles. The van der Waals surface area contributed by atoms with Crippen molar-refractivity contribution in [2.24, 2.45) is 5.92 Å². The van der Waals surface area contributed by atoms with Crippen LogP contribution in [0.1, 0.15) is 52.1 Å². The van der Waals surface area contributed by atoms with Crippen LogP contribution in [0.5, 0.6) is 0 Å². The van der Waals surface area contributed by atoms with Crippen LogP contribution in [0.25, 0.3) is 0 Å². The molecule has 1 aromatic rings. The fourth-order valence-electron chi connectivity index (χ4n) is 3.06. The summed E-state index contributed by atoms with van der Waals surface area (Å²) in [4.78, 5) is 18.8. The molecule has 1 saturated heterocycles. The molecule has 1 aliphatic heterocycles. The number of carbonyl (C=O) groups is 1. The average molecular weight is 339 g/mol. The fraction of sp³-hybridized carbons (Fsp3) is 0.765. The molecule has 23 heavy (non-hydrogen) atoms. The van der Waals surface area contributed by atoms with Gasteiger partial charge < -0.3 is 10.6 Å². The van der Waals surface area contributed by atoms with Crippen molar-refractivity contribution in [1.82, 2.24) is 20.5 Å². The van der Waals surface area contributed by atoms with Crippen LogP contribution >= 0.6 is 11.3 Å². The maximum absolute atomic E-state index is 12.1. The molecule has 0 radical (unpaired) electrons. The Morgan fingerprint density at radius 2 is 2.17 bits per heavy atom. The largest absolute Gasteiger partial charge is 0.336 e. The fourth-order valence-corrected chi connectivity index (χ4v) is 3.61. The van der Waals surface area contributed by atoms with Crippen molar-refractivity contribution >= 4 is 17.4 Å². The van der Waals surface area contributed by atoms with Gasteiger partial charge in [-0.25, -0.2) is 9.78 Å². The number of amides is 2. The summed E-state index contributed by atoms with van der Waals surface area (Å²) in [6, 6.07) is 0.506. The van der Waals surface area contributed by atoms with E-state index in [0.717, 1.165) is 51.0 Å². The first-order chi connectivity index (χ1) is 11.1. The Morgan fingerprint density at radius 3 is 2.78 bits per heavy atom. The van der Waals surface area contributed by atoms with Gasteiger partial charge in [0.25, 0.3) is 0 Å². The number of likely N-dealkylation sites (tertiary alicyclic amines) is 1. The molecular weight excluding hydrogens is 308 g/mol. The van der Waals surface area contributed by atoms with Gasteiger partial charge in [0.2, 0.25) is 0 Å². The van der Waals surface area contributed by atoms with Gasteiger partial charge in [-0.05, 0) is 32.1 Å². The highest BCUT2D eigenvalue weighted by Gasteiger charge is 2.21. The number of carbonyl (C=O) groups excluding carboxylic acids is 1. The summed E-state index contributed by atoms with van der Waals surface area (Å²) in [5, 5.41) is 8.31. The SMILES string of the molecule is CC[C@H](C)C[C@H](C)NC(=O)NC1CCN(Cc2cscn2)CC1. The van der Waals surface area contributed by atoms with E-state index in [9.17, 15) is 4.79 Å². The summed E-state index contributed by atoms with van der Waals surface area (Å²) >= 11 is 1.65. The molecule has 0 unspecified atom stereocenters. The van der Waals surface area contributed by atoms with E-state index in [2.05, 4.69) is 46.7 Å². The van der Waals surface area contributed by atoms with Gasteiger partial charge in [-0.15, -0.1) is 11.3 Å². The number of aromatic nitrogens is 1. The monoisotopic (exact) mass is 338 g/mol. The number of rotatable bonds is 7. The highest BCUT2D eigenvalue weighted by atomic mass is 32.1. The molecule has 2 heterocycles. The van der Waals surface area contributed by atoms with Gasteiger partial charge in [-0.3, -0.25) is 4.90 Å². The lowest BCUT2D eigenvalue weighted by Crippen LogP contribution is -2.49. The number of urea groups is 1. The zero-order valence-corrected chi connectivity index (χ0v) is 15.4. The number of hydrogen-bond acceptors (Lipinski definition) is 4. The molecule has 1 aromatic heterocycles. The summed E-state index contributed by atoms with van der Waals surface area (Å²) < 4.78 is 0. The summed E-state index contributed by atoms with van der Waals surface area (Å²) in [6.45, 7) is 9.47. The predicted molar refractivity (Wildman–Crippen MR) is 95.6 cm³/mol. The van der Waals surface area contributed by atoms with Crippen LogP contribution in [0.4, 0.5) is 4.79 Å². The number of piperidine rings is 1. The minimum atomic E-state index is -0.0150. The molecule has 2 N–H and O–H groups in total. The Balaban J connectivity index is 1.64. The Morgan fingerprint density at radius 1 is 1.43 bits per heavy atom. The van der Waals surface area contributed by atoms with Gasteiger partial charge in [0.15, 0.2) is 0 Å². The van der Waals surface area contributed by atoms with Gasteiger partial charge in [0, 0.05) is 37.1 Å². The first-order valence-corrected chi connectivity index (χ1v) is 9.67. The third-order valence-electron chi connectivity index (χ3n) is 4.62. The van der Waals surface area contributed by atoms with Crippen LogP contribution < -0.4 is 10.6 Å². The van der Waals surface area contributed by atoms with E-state index >= 15 is 0 Å². The van der Waals surface area contributed by atoms with Crippen molar-refractivity contribution in [2.75, 3.05) is 13.1 Å². The second kappa shape index (κ2) is 9.23. The summed E-state index contributed by atoms with van der Waals surface area (Å²) in [5.74, 6) is 0.652. The van der Waals surface area contributed by atoms with Crippen molar-refractivity contribution < 1.29 is 4.79 Å². The zero-order chi connectivity index (χ0) is 16.7. The van der Waals surface area contributed by atoms with E-state index in [1.807, 2.05) is 5.51 Å². The third kappa shape index (κ3) is 6.47. The molecule has 5 nitrogen and oxygen atoms in total. The topological polar surface area (TPSA) is 57.3 Å². The normalized spacial score (nSPS) is 19.3. The third-order valence-corrected chi connectivity index (χ3v) is 5.26. The number of nitrogens with zero attached hydrogens (tertiary/aromatic N) is 2. The lowest BCUT2D eigenvalue weighted by molar-refractivity contribution is 0.184. The van der Waals surface area contributed by atoms with E-state index in [4.69, 9.17) is 0 Å². The maximum Gasteiger partial charge on any atom is 0.315 e. The summed E-state index contributed by atoms with van der Waals surface area (Å²) in [6.07, 6.45) is 4.22. The average Bonchev–Trinajstić information content (AvgIpc) is 3.01. The molecule has 6 heteroatoms. The molecule has 2 amide bonds. The molecular formula is C17H30N4OS. The number of nitrogens with one attached hydrogen (secondary N) is 2. The van der Waals surface area contributed by atoms with Gasteiger partial charge in [0.05, 0.1) is 11.2 Å². The van der Waals surface area contributed by atoms with E-state index in [1.54, 1.807) is 11.3 Å². The molecule has 1 aliphatic rings. The lowest BCUT2D eigenvalue weighted by Gasteiger charge is -2.32. The van der Waals surface area contributed by atoms with Crippen molar-refractivity contribution in [1.29, 1.82) is 0 Å². The van der Waals surface area contributed by atoms with E-state index in [0.29, 0.717) is 5.92 Å². The molecule has 2 atom stereocenters. The van der Waals surface area contributed by atoms with Crippen molar-refractivity contribution in [3.63, 3.8) is 0 Å². The molecule has 1 fully saturated rings. The van der Waals surface area contributed by atoms with Crippen LogP contribution in [0.3, 0.4) is 0 Å². The molecule has 2 rings (SSSR count). The first-order valence-electron chi connectivity index (χ1n) is 8.73. The first kappa shape index (κ1) is 18.2.